The Morgan fingerprint density at radius 1 is 1.27 bits per heavy atom. The highest BCUT2D eigenvalue weighted by molar-refractivity contribution is 5.97. The average Bonchev–Trinajstić information content (AvgIpc) is 2.06. The van der Waals surface area contributed by atoms with Crippen molar-refractivity contribution in [1.82, 2.24) is 10.2 Å². The van der Waals surface area contributed by atoms with Crippen molar-refractivity contribution in [3.63, 3.8) is 0 Å². The van der Waals surface area contributed by atoms with Gasteiger partial charge in [0.05, 0.1) is 0 Å². The van der Waals surface area contributed by atoms with Gasteiger partial charge in [-0.05, 0) is 31.3 Å². The zero-order valence-electron chi connectivity index (χ0n) is 9.16. The van der Waals surface area contributed by atoms with Crippen LogP contribution in [0, 0.1) is 11.8 Å². The number of imide groups is 1. The normalized spacial score (nSPS) is 24.5. The van der Waals surface area contributed by atoms with E-state index in [-0.39, 0.29) is 17.7 Å². The van der Waals surface area contributed by atoms with Crippen LogP contribution in [0.15, 0.2) is 0 Å². The van der Waals surface area contributed by atoms with E-state index in [1.807, 2.05) is 6.92 Å². The van der Waals surface area contributed by atoms with E-state index in [0.29, 0.717) is 25.3 Å². The number of amides is 2. The summed E-state index contributed by atoms with van der Waals surface area (Å²) in [5.41, 5.74) is 0. The predicted molar refractivity (Wildman–Crippen MR) is 56.1 cm³/mol. The fourth-order valence-electron chi connectivity index (χ4n) is 2.14. The summed E-state index contributed by atoms with van der Waals surface area (Å²) in [4.78, 5) is 24.7. The highest BCUT2D eigenvalue weighted by Crippen LogP contribution is 2.20. The van der Waals surface area contributed by atoms with E-state index in [1.165, 1.54) is 4.90 Å². The Morgan fingerprint density at radius 3 is 2.33 bits per heavy atom. The maximum Gasteiger partial charge on any atom is 0.229 e. The lowest BCUT2D eigenvalue weighted by molar-refractivity contribution is -0.149. The molecule has 15 heavy (non-hydrogen) atoms. The Hall–Kier alpha value is -0.900. The van der Waals surface area contributed by atoms with Crippen molar-refractivity contribution in [2.24, 2.45) is 11.8 Å². The van der Waals surface area contributed by atoms with E-state index in [4.69, 9.17) is 0 Å². The maximum absolute atomic E-state index is 11.6. The zero-order chi connectivity index (χ0) is 10.8. The van der Waals surface area contributed by atoms with Gasteiger partial charge in [0.15, 0.2) is 0 Å². The van der Waals surface area contributed by atoms with Gasteiger partial charge >= 0.3 is 0 Å². The van der Waals surface area contributed by atoms with E-state index < -0.39 is 0 Å². The van der Waals surface area contributed by atoms with Gasteiger partial charge in [-0.15, -0.1) is 0 Å². The molecule has 84 valence electrons. The Balaban J connectivity index is 1.83. The molecule has 2 aliphatic rings. The van der Waals surface area contributed by atoms with Crippen molar-refractivity contribution in [2.45, 2.75) is 26.2 Å². The smallest absolute Gasteiger partial charge is 0.229 e. The van der Waals surface area contributed by atoms with Gasteiger partial charge in [0.2, 0.25) is 11.8 Å². The number of piperidine rings is 1. The first-order chi connectivity index (χ1) is 7.16. The second-order valence-electron chi connectivity index (χ2n) is 4.77. The van der Waals surface area contributed by atoms with Crippen LogP contribution in [-0.2, 0) is 9.59 Å². The molecule has 0 saturated carbocycles. The fourth-order valence-corrected chi connectivity index (χ4v) is 2.14. The minimum absolute atomic E-state index is 0.0195. The molecule has 2 amide bonds. The first kappa shape index (κ1) is 10.6. The van der Waals surface area contributed by atoms with Crippen molar-refractivity contribution < 1.29 is 9.59 Å². The van der Waals surface area contributed by atoms with Crippen molar-refractivity contribution >= 4 is 11.8 Å². The Kier molecular flexibility index (Phi) is 3.05. The Labute approximate surface area is 90.0 Å². The lowest BCUT2D eigenvalue weighted by Crippen LogP contribution is -2.47. The minimum atomic E-state index is 0.0195. The van der Waals surface area contributed by atoms with E-state index in [1.54, 1.807) is 0 Å². The molecule has 2 aliphatic heterocycles. The SMILES string of the molecule is CC1CC(=O)N(CCC2CNC2)C(=O)C1. The van der Waals surface area contributed by atoms with Crippen LogP contribution >= 0.6 is 0 Å². The summed E-state index contributed by atoms with van der Waals surface area (Å²) in [5, 5.41) is 3.19. The number of hydrogen-bond acceptors (Lipinski definition) is 3. The summed E-state index contributed by atoms with van der Waals surface area (Å²) in [7, 11) is 0. The number of nitrogens with one attached hydrogen (secondary N) is 1. The zero-order valence-corrected chi connectivity index (χ0v) is 9.16. The monoisotopic (exact) mass is 210 g/mol. The lowest BCUT2D eigenvalue weighted by atomic mass is 9.95. The van der Waals surface area contributed by atoms with Gasteiger partial charge in [0.25, 0.3) is 0 Å². The molecule has 0 atom stereocenters. The van der Waals surface area contributed by atoms with Crippen molar-refractivity contribution in [3.05, 3.63) is 0 Å². The number of carbonyl (C=O) groups is 2. The van der Waals surface area contributed by atoms with Crippen molar-refractivity contribution in [3.8, 4) is 0 Å². The molecule has 1 N–H and O–H groups in total. The first-order valence-electron chi connectivity index (χ1n) is 5.70. The summed E-state index contributed by atoms with van der Waals surface area (Å²) in [6, 6.07) is 0. The molecule has 0 aromatic carbocycles. The van der Waals surface area contributed by atoms with Crippen molar-refractivity contribution in [2.75, 3.05) is 19.6 Å². The molecule has 0 bridgehead atoms. The van der Waals surface area contributed by atoms with Crippen LogP contribution in [-0.4, -0.2) is 36.3 Å². The van der Waals surface area contributed by atoms with Crippen LogP contribution in [0.3, 0.4) is 0 Å². The number of hydrogen-bond donors (Lipinski definition) is 1. The van der Waals surface area contributed by atoms with Crippen LogP contribution in [0.5, 0.6) is 0 Å². The van der Waals surface area contributed by atoms with Crippen LogP contribution in [0.2, 0.25) is 0 Å². The second-order valence-corrected chi connectivity index (χ2v) is 4.77. The molecule has 2 fully saturated rings. The molecule has 4 heteroatoms. The largest absolute Gasteiger partial charge is 0.316 e. The molecular weight excluding hydrogens is 192 g/mol. The molecular formula is C11H18N2O2. The van der Waals surface area contributed by atoms with Crippen LogP contribution in [0.4, 0.5) is 0 Å². The van der Waals surface area contributed by atoms with E-state index in [2.05, 4.69) is 5.32 Å². The Bertz CT molecular complexity index is 256. The molecule has 0 aromatic heterocycles. The molecule has 4 nitrogen and oxygen atoms in total. The first-order valence-corrected chi connectivity index (χ1v) is 5.70. The molecule has 2 heterocycles. The van der Waals surface area contributed by atoms with Crippen LogP contribution < -0.4 is 5.32 Å². The van der Waals surface area contributed by atoms with Gasteiger partial charge < -0.3 is 5.32 Å². The van der Waals surface area contributed by atoms with E-state index in [9.17, 15) is 9.59 Å². The number of carbonyl (C=O) groups excluding carboxylic acids is 2. The second kappa shape index (κ2) is 4.31. The molecule has 0 unspecified atom stereocenters. The topological polar surface area (TPSA) is 49.4 Å². The third-order valence-electron chi connectivity index (χ3n) is 3.28. The molecule has 0 aromatic rings. The van der Waals surface area contributed by atoms with E-state index >= 15 is 0 Å². The van der Waals surface area contributed by atoms with E-state index in [0.717, 1.165) is 19.5 Å². The average molecular weight is 210 g/mol. The van der Waals surface area contributed by atoms with Crippen LogP contribution in [0.25, 0.3) is 0 Å². The molecule has 0 spiro atoms. The highest BCUT2D eigenvalue weighted by Gasteiger charge is 2.30. The lowest BCUT2D eigenvalue weighted by Gasteiger charge is -2.32. The van der Waals surface area contributed by atoms with Crippen molar-refractivity contribution in [1.29, 1.82) is 0 Å². The summed E-state index contributed by atoms with van der Waals surface area (Å²) in [5.74, 6) is 0.925. The third kappa shape index (κ3) is 2.37. The van der Waals surface area contributed by atoms with Gasteiger partial charge in [-0.25, -0.2) is 0 Å². The predicted octanol–water partition coefficient (Wildman–Crippen LogP) is 0.381. The number of likely N-dealkylation sites (tertiary alicyclic amines) is 1. The summed E-state index contributed by atoms with van der Waals surface area (Å²) in [6.45, 7) is 4.65. The summed E-state index contributed by atoms with van der Waals surface area (Å²) >= 11 is 0. The molecule has 0 radical (unpaired) electrons. The van der Waals surface area contributed by atoms with Gasteiger partial charge in [-0.2, -0.15) is 0 Å². The molecule has 2 rings (SSSR count). The van der Waals surface area contributed by atoms with Crippen LogP contribution in [0.1, 0.15) is 26.2 Å². The molecule has 0 aliphatic carbocycles. The highest BCUT2D eigenvalue weighted by atomic mass is 16.2. The summed E-state index contributed by atoms with van der Waals surface area (Å²) in [6.07, 6.45) is 2.03. The van der Waals surface area contributed by atoms with Gasteiger partial charge in [0, 0.05) is 19.4 Å². The Morgan fingerprint density at radius 2 is 1.87 bits per heavy atom. The maximum atomic E-state index is 11.6. The minimum Gasteiger partial charge on any atom is -0.316 e. The number of nitrogens with zero attached hydrogens (tertiary/aromatic N) is 1. The number of rotatable bonds is 3. The summed E-state index contributed by atoms with van der Waals surface area (Å²) < 4.78 is 0. The third-order valence-corrected chi connectivity index (χ3v) is 3.28. The quantitative estimate of drug-likeness (QED) is 0.685. The molecule has 2 saturated heterocycles. The van der Waals surface area contributed by atoms with Gasteiger partial charge in [-0.1, -0.05) is 6.92 Å². The fraction of sp³-hybridized carbons (Fsp3) is 0.818. The van der Waals surface area contributed by atoms with Gasteiger partial charge in [0.1, 0.15) is 0 Å². The standard InChI is InChI=1S/C11H18N2O2/c1-8-4-10(14)13(11(15)5-8)3-2-9-6-12-7-9/h8-9,12H,2-7H2,1H3. The van der Waals surface area contributed by atoms with Gasteiger partial charge in [-0.3, -0.25) is 14.5 Å².